The monoisotopic (exact) mass is 264 g/mol. The molecule has 92 valence electrons. The molecule has 0 radical (unpaired) electrons. The first-order valence-electron chi connectivity index (χ1n) is 5.24. The lowest BCUT2D eigenvalue weighted by atomic mass is 10.1. The maximum atomic E-state index is 11.9. The van der Waals surface area contributed by atoms with Crippen LogP contribution in [0.2, 0.25) is 5.02 Å². The zero-order chi connectivity index (χ0) is 13.3. The number of hydrogen-bond donors (Lipinski definition) is 2. The van der Waals surface area contributed by atoms with Crippen molar-refractivity contribution in [2.75, 3.05) is 5.32 Å². The van der Waals surface area contributed by atoms with Crippen LogP contribution < -0.4 is 5.32 Å². The number of anilines is 1. The molecule has 0 spiro atoms. The Labute approximate surface area is 108 Å². The van der Waals surface area contributed by atoms with Crippen LogP contribution in [0.1, 0.15) is 18.4 Å². The number of hydrogen-bond acceptors (Lipinski definition) is 3. The predicted octanol–water partition coefficient (Wildman–Crippen LogP) is 2.01. The first kappa shape index (κ1) is 12.4. The highest BCUT2D eigenvalue weighted by molar-refractivity contribution is 6.31. The van der Waals surface area contributed by atoms with E-state index in [0.29, 0.717) is 17.9 Å². The molecule has 5 nitrogen and oxygen atoms in total. The molecular weight excluding hydrogens is 256 g/mol. The number of nitrogens with zero attached hydrogens (tertiary/aromatic N) is 1. The fourth-order valence-electron chi connectivity index (χ4n) is 1.62. The van der Waals surface area contributed by atoms with Crippen LogP contribution in [0.3, 0.4) is 0 Å². The standard InChI is InChI=1S/C12H9ClN2O3/c13-8-2-1-7(6-14)9(5-8)15-10(16)12(3-4-12)11(17)18/h1-2,5H,3-4H2,(H,15,16)(H,17,18). The number of carboxylic acid groups (broad SMARTS) is 1. The van der Waals surface area contributed by atoms with E-state index in [0.717, 1.165) is 0 Å². The smallest absolute Gasteiger partial charge is 0.319 e. The molecule has 6 heteroatoms. The van der Waals surface area contributed by atoms with Gasteiger partial charge in [-0.1, -0.05) is 11.6 Å². The van der Waals surface area contributed by atoms with E-state index in [1.54, 1.807) is 0 Å². The van der Waals surface area contributed by atoms with E-state index in [9.17, 15) is 9.59 Å². The summed E-state index contributed by atoms with van der Waals surface area (Å²) >= 11 is 5.77. The van der Waals surface area contributed by atoms with Crippen molar-refractivity contribution < 1.29 is 14.7 Å². The lowest BCUT2D eigenvalue weighted by molar-refractivity contribution is -0.147. The van der Waals surface area contributed by atoms with Gasteiger partial charge >= 0.3 is 5.97 Å². The Bertz CT molecular complexity index is 573. The minimum absolute atomic E-state index is 0.238. The number of carbonyl (C=O) groups excluding carboxylic acids is 1. The van der Waals surface area contributed by atoms with Crippen LogP contribution in [0.5, 0.6) is 0 Å². The van der Waals surface area contributed by atoms with Gasteiger partial charge < -0.3 is 10.4 Å². The van der Waals surface area contributed by atoms with Gasteiger partial charge in [-0.25, -0.2) is 0 Å². The van der Waals surface area contributed by atoms with Gasteiger partial charge in [-0.15, -0.1) is 0 Å². The number of benzene rings is 1. The van der Waals surface area contributed by atoms with Crippen LogP contribution in [-0.4, -0.2) is 17.0 Å². The van der Waals surface area contributed by atoms with Gasteiger partial charge in [0.05, 0.1) is 11.3 Å². The average molecular weight is 265 g/mol. The Kier molecular flexibility index (Phi) is 2.97. The van der Waals surface area contributed by atoms with Gasteiger partial charge in [0.25, 0.3) is 0 Å². The first-order valence-corrected chi connectivity index (χ1v) is 5.62. The minimum Gasteiger partial charge on any atom is -0.480 e. The van der Waals surface area contributed by atoms with Crippen molar-refractivity contribution in [3.8, 4) is 6.07 Å². The van der Waals surface area contributed by atoms with Crippen LogP contribution in [-0.2, 0) is 9.59 Å². The van der Waals surface area contributed by atoms with Crippen molar-refractivity contribution in [3.05, 3.63) is 28.8 Å². The maximum absolute atomic E-state index is 11.9. The predicted molar refractivity (Wildman–Crippen MR) is 64.1 cm³/mol. The third-order valence-corrected chi connectivity index (χ3v) is 3.18. The number of amides is 1. The fourth-order valence-corrected chi connectivity index (χ4v) is 1.79. The Morgan fingerprint density at radius 2 is 2.11 bits per heavy atom. The number of rotatable bonds is 3. The van der Waals surface area contributed by atoms with Gasteiger partial charge in [0, 0.05) is 5.02 Å². The Morgan fingerprint density at radius 1 is 1.44 bits per heavy atom. The molecule has 1 aliphatic carbocycles. The van der Waals surface area contributed by atoms with Gasteiger partial charge in [-0.05, 0) is 31.0 Å². The molecule has 0 bridgehead atoms. The molecule has 1 amide bonds. The highest BCUT2D eigenvalue weighted by Crippen LogP contribution is 2.46. The molecule has 1 saturated carbocycles. The van der Waals surface area contributed by atoms with Crippen LogP contribution >= 0.6 is 11.6 Å². The molecule has 0 heterocycles. The van der Waals surface area contributed by atoms with Gasteiger partial charge in [-0.3, -0.25) is 9.59 Å². The van der Waals surface area contributed by atoms with E-state index < -0.39 is 17.3 Å². The summed E-state index contributed by atoms with van der Waals surface area (Å²) in [7, 11) is 0. The third kappa shape index (κ3) is 2.03. The summed E-state index contributed by atoms with van der Waals surface area (Å²) in [5, 5.41) is 20.7. The van der Waals surface area contributed by atoms with Crippen LogP contribution in [0.4, 0.5) is 5.69 Å². The zero-order valence-electron chi connectivity index (χ0n) is 9.24. The quantitative estimate of drug-likeness (QED) is 0.817. The van der Waals surface area contributed by atoms with E-state index in [2.05, 4.69) is 5.32 Å². The van der Waals surface area contributed by atoms with Crippen molar-refractivity contribution in [2.45, 2.75) is 12.8 Å². The van der Waals surface area contributed by atoms with E-state index in [1.807, 2.05) is 6.07 Å². The number of halogens is 1. The molecule has 0 aromatic heterocycles. The molecule has 2 N–H and O–H groups in total. The second-order valence-electron chi connectivity index (χ2n) is 4.14. The molecule has 1 aromatic rings. The van der Waals surface area contributed by atoms with Crippen molar-refractivity contribution in [1.29, 1.82) is 5.26 Å². The second-order valence-corrected chi connectivity index (χ2v) is 4.58. The largest absolute Gasteiger partial charge is 0.480 e. The Hall–Kier alpha value is -2.06. The summed E-state index contributed by atoms with van der Waals surface area (Å²) in [6, 6.07) is 6.33. The van der Waals surface area contributed by atoms with E-state index in [-0.39, 0.29) is 11.3 Å². The summed E-state index contributed by atoms with van der Waals surface area (Å²) in [4.78, 5) is 22.9. The van der Waals surface area contributed by atoms with E-state index in [4.69, 9.17) is 22.0 Å². The Balaban J connectivity index is 2.25. The second kappa shape index (κ2) is 4.31. The number of carboxylic acids is 1. The molecule has 0 aliphatic heterocycles. The molecule has 0 saturated heterocycles. The van der Waals surface area contributed by atoms with Crippen LogP contribution in [0.25, 0.3) is 0 Å². The summed E-state index contributed by atoms with van der Waals surface area (Å²) in [5.41, 5.74) is -0.855. The minimum atomic E-state index is -1.34. The molecule has 0 atom stereocenters. The van der Waals surface area contributed by atoms with Gasteiger partial charge in [-0.2, -0.15) is 5.26 Å². The number of nitriles is 1. The molecule has 18 heavy (non-hydrogen) atoms. The molecule has 1 aliphatic rings. The van der Waals surface area contributed by atoms with Gasteiger partial charge in [0.15, 0.2) is 0 Å². The van der Waals surface area contributed by atoms with E-state index in [1.165, 1.54) is 18.2 Å². The summed E-state index contributed by atoms with van der Waals surface area (Å²) in [5.74, 6) is -1.74. The summed E-state index contributed by atoms with van der Waals surface area (Å²) < 4.78 is 0. The van der Waals surface area contributed by atoms with Crippen molar-refractivity contribution in [2.24, 2.45) is 5.41 Å². The van der Waals surface area contributed by atoms with Crippen LogP contribution in [0, 0.1) is 16.7 Å². The number of nitrogens with one attached hydrogen (secondary N) is 1. The van der Waals surface area contributed by atoms with Crippen LogP contribution in [0.15, 0.2) is 18.2 Å². The summed E-state index contributed by atoms with van der Waals surface area (Å²) in [6.45, 7) is 0. The first-order chi connectivity index (χ1) is 8.49. The topological polar surface area (TPSA) is 90.2 Å². The third-order valence-electron chi connectivity index (χ3n) is 2.94. The molecule has 0 unspecified atom stereocenters. The van der Waals surface area contributed by atoms with E-state index >= 15 is 0 Å². The van der Waals surface area contributed by atoms with Crippen molar-refractivity contribution in [1.82, 2.24) is 0 Å². The lowest BCUT2D eigenvalue weighted by Crippen LogP contribution is -2.31. The van der Waals surface area contributed by atoms with Gasteiger partial charge in [0.2, 0.25) is 5.91 Å². The molecule has 1 aromatic carbocycles. The number of carbonyl (C=O) groups is 2. The molecule has 1 fully saturated rings. The summed E-state index contributed by atoms with van der Waals surface area (Å²) in [6.07, 6.45) is 0.632. The maximum Gasteiger partial charge on any atom is 0.319 e. The lowest BCUT2D eigenvalue weighted by Gasteiger charge is -2.12. The number of aliphatic carboxylic acids is 1. The highest BCUT2D eigenvalue weighted by atomic mass is 35.5. The Morgan fingerprint density at radius 3 is 2.61 bits per heavy atom. The molecular formula is C12H9ClN2O3. The molecule has 2 rings (SSSR count). The fraction of sp³-hybridized carbons (Fsp3) is 0.250. The zero-order valence-corrected chi connectivity index (χ0v) is 9.99. The van der Waals surface area contributed by atoms with Gasteiger partial charge in [0.1, 0.15) is 11.5 Å². The normalized spacial score (nSPS) is 15.6. The van der Waals surface area contributed by atoms with Crippen molar-refractivity contribution >= 4 is 29.2 Å². The van der Waals surface area contributed by atoms with Crippen molar-refractivity contribution in [3.63, 3.8) is 0 Å². The highest BCUT2D eigenvalue weighted by Gasteiger charge is 2.57. The SMILES string of the molecule is N#Cc1ccc(Cl)cc1NC(=O)C1(C(=O)O)CC1. The average Bonchev–Trinajstić information content (AvgIpc) is 3.10.